The fourth-order valence-electron chi connectivity index (χ4n) is 5.31. The summed E-state index contributed by atoms with van der Waals surface area (Å²) in [5.74, 6) is 1.51. The summed E-state index contributed by atoms with van der Waals surface area (Å²) >= 11 is 0. The second-order valence-electron chi connectivity index (χ2n) is 8.65. The molecule has 0 bridgehead atoms. The highest BCUT2D eigenvalue weighted by molar-refractivity contribution is 14.0. The number of rotatable bonds is 5. The van der Waals surface area contributed by atoms with Crippen molar-refractivity contribution in [2.45, 2.75) is 70.9 Å². The third kappa shape index (κ3) is 4.26. The van der Waals surface area contributed by atoms with Crippen molar-refractivity contribution in [3.8, 4) is 0 Å². The lowest BCUT2D eigenvalue weighted by molar-refractivity contribution is -0.188. The number of nitrogens with zero attached hydrogens (tertiary/aromatic N) is 1. The van der Waals surface area contributed by atoms with E-state index >= 15 is 0 Å². The van der Waals surface area contributed by atoms with Crippen LogP contribution in [0.5, 0.6) is 0 Å². The number of aliphatic imine (C=N–C) groups is 1. The number of guanidine groups is 1. The minimum atomic E-state index is 0. The first kappa shape index (κ1) is 21.2. The van der Waals surface area contributed by atoms with Gasteiger partial charge in [-0.2, -0.15) is 0 Å². The Labute approximate surface area is 169 Å². The van der Waals surface area contributed by atoms with E-state index in [0.29, 0.717) is 18.1 Å². The lowest BCUT2D eigenvalue weighted by Gasteiger charge is -2.60. The number of aliphatic hydroxyl groups is 1. The maximum atomic E-state index is 9.42. The monoisotopic (exact) mass is 465 g/mol. The van der Waals surface area contributed by atoms with E-state index in [1.54, 1.807) is 0 Å². The Morgan fingerprint density at radius 3 is 2.60 bits per heavy atom. The van der Waals surface area contributed by atoms with Gasteiger partial charge in [0.25, 0.3) is 0 Å². The Morgan fingerprint density at radius 2 is 1.96 bits per heavy atom. The molecule has 3 fully saturated rings. The third-order valence-electron chi connectivity index (χ3n) is 6.78. The van der Waals surface area contributed by atoms with E-state index in [2.05, 4.69) is 29.5 Å². The fraction of sp³-hybridized carbons (Fsp3) is 0.947. The zero-order valence-electron chi connectivity index (χ0n) is 16.0. The first-order valence-corrected chi connectivity index (χ1v) is 9.72. The van der Waals surface area contributed by atoms with Crippen molar-refractivity contribution in [1.29, 1.82) is 0 Å². The van der Waals surface area contributed by atoms with E-state index < -0.39 is 0 Å². The van der Waals surface area contributed by atoms with Gasteiger partial charge in [-0.05, 0) is 37.5 Å². The van der Waals surface area contributed by atoms with Gasteiger partial charge in [0, 0.05) is 44.2 Å². The highest BCUT2D eigenvalue weighted by Gasteiger charge is 2.58. The van der Waals surface area contributed by atoms with Crippen LogP contribution in [-0.2, 0) is 4.74 Å². The smallest absolute Gasteiger partial charge is 0.191 e. The number of hydrogen-bond acceptors (Lipinski definition) is 3. The third-order valence-corrected chi connectivity index (χ3v) is 6.78. The van der Waals surface area contributed by atoms with Crippen LogP contribution in [0.25, 0.3) is 0 Å². The molecule has 0 aromatic rings. The van der Waals surface area contributed by atoms with Gasteiger partial charge in [0.2, 0.25) is 0 Å². The van der Waals surface area contributed by atoms with Gasteiger partial charge in [-0.3, -0.25) is 4.99 Å². The van der Waals surface area contributed by atoms with E-state index in [0.717, 1.165) is 25.5 Å². The number of halogens is 1. The van der Waals surface area contributed by atoms with Crippen LogP contribution < -0.4 is 10.6 Å². The van der Waals surface area contributed by atoms with Crippen LogP contribution in [0.3, 0.4) is 0 Å². The van der Waals surface area contributed by atoms with Gasteiger partial charge in [0.15, 0.2) is 5.96 Å². The summed E-state index contributed by atoms with van der Waals surface area (Å²) in [5.41, 5.74) is 0.400. The normalized spacial score (nSPS) is 33.0. The van der Waals surface area contributed by atoms with Crippen molar-refractivity contribution < 1.29 is 9.84 Å². The maximum Gasteiger partial charge on any atom is 0.191 e. The zero-order chi connectivity index (χ0) is 17.2. The number of fused-ring (bicyclic) bond motifs is 1. The summed E-state index contributed by atoms with van der Waals surface area (Å²) in [6.07, 6.45) is 8.69. The Kier molecular flexibility index (Phi) is 7.42. The Bertz CT molecular complexity index is 464. The molecular formula is C19H36IN3O2. The molecule has 2 aliphatic carbocycles. The van der Waals surface area contributed by atoms with E-state index in [1.807, 2.05) is 7.05 Å². The van der Waals surface area contributed by atoms with E-state index in [1.165, 1.54) is 38.5 Å². The molecule has 0 spiro atoms. The first-order chi connectivity index (χ1) is 11.5. The summed E-state index contributed by atoms with van der Waals surface area (Å²) in [5, 5.41) is 16.6. The molecule has 3 N–H and O–H groups in total. The SMILES string of the molecule is CN=C(NCC1(CCO)CCCC1)NC1C2CCCOC2C1(C)C.I. The summed E-state index contributed by atoms with van der Waals surface area (Å²) in [6.45, 7) is 6.70. The topological polar surface area (TPSA) is 65.9 Å². The van der Waals surface area contributed by atoms with Crippen LogP contribution in [0.4, 0.5) is 0 Å². The first-order valence-electron chi connectivity index (χ1n) is 9.72. The molecule has 3 aliphatic rings. The molecule has 0 aromatic heterocycles. The standard InChI is InChI=1S/C19H35N3O2.HI/c1-18(2)15(14-7-6-12-24-16(14)18)22-17(20-3)21-13-19(10-11-23)8-4-5-9-19;/h14-16,23H,4-13H2,1-3H3,(H2,20,21,22);1H. The number of hydrogen-bond donors (Lipinski definition) is 3. The fourth-order valence-corrected chi connectivity index (χ4v) is 5.31. The summed E-state index contributed by atoms with van der Waals surface area (Å²) < 4.78 is 6.00. The Morgan fingerprint density at radius 1 is 1.24 bits per heavy atom. The predicted molar refractivity (Wildman–Crippen MR) is 113 cm³/mol. The van der Waals surface area contributed by atoms with Crippen LogP contribution in [0.15, 0.2) is 4.99 Å². The molecule has 0 aromatic carbocycles. The van der Waals surface area contributed by atoms with E-state index in [4.69, 9.17) is 4.74 Å². The minimum absolute atomic E-state index is 0. The van der Waals surface area contributed by atoms with Gasteiger partial charge in [0.05, 0.1) is 6.10 Å². The molecule has 146 valence electrons. The van der Waals surface area contributed by atoms with E-state index in [9.17, 15) is 5.11 Å². The van der Waals surface area contributed by atoms with Crippen molar-refractivity contribution in [2.24, 2.45) is 21.7 Å². The predicted octanol–water partition coefficient (Wildman–Crippen LogP) is 2.92. The molecule has 25 heavy (non-hydrogen) atoms. The Balaban J connectivity index is 0.00000225. The van der Waals surface area contributed by atoms with Gasteiger partial charge in [-0.15, -0.1) is 24.0 Å². The van der Waals surface area contributed by atoms with E-state index in [-0.39, 0.29) is 41.4 Å². The lowest BCUT2D eigenvalue weighted by Crippen LogP contribution is -2.71. The summed E-state index contributed by atoms with van der Waals surface area (Å²) in [7, 11) is 1.85. The number of nitrogens with one attached hydrogen (secondary N) is 2. The molecule has 0 radical (unpaired) electrons. The molecule has 6 heteroatoms. The Hall–Kier alpha value is -0.0800. The van der Waals surface area contributed by atoms with Crippen LogP contribution in [0.1, 0.15) is 58.8 Å². The summed E-state index contributed by atoms with van der Waals surface area (Å²) in [6, 6.07) is 0.423. The second kappa shape index (κ2) is 8.74. The summed E-state index contributed by atoms with van der Waals surface area (Å²) in [4.78, 5) is 4.46. The highest BCUT2D eigenvalue weighted by atomic mass is 127. The minimum Gasteiger partial charge on any atom is -0.396 e. The molecular weight excluding hydrogens is 429 g/mol. The van der Waals surface area contributed by atoms with Crippen molar-refractivity contribution >= 4 is 29.9 Å². The molecule has 1 aliphatic heterocycles. The number of ether oxygens (including phenoxy) is 1. The second-order valence-corrected chi connectivity index (χ2v) is 8.65. The van der Waals surface area contributed by atoms with Crippen LogP contribution >= 0.6 is 24.0 Å². The van der Waals surface area contributed by atoms with Crippen molar-refractivity contribution in [1.82, 2.24) is 10.6 Å². The van der Waals surface area contributed by atoms with Gasteiger partial charge in [-0.1, -0.05) is 26.7 Å². The zero-order valence-corrected chi connectivity index (χ0v) is 18.3. The van der Waals surface area contributed by atoms with Crippen molar-refractivity contribution in [2.75, 3.05) is 26.8 Å². The number of aliphatic hydroxyl groups excluding tert-OH is 1. The molecule has 3 atom stereocenters. The maximum absolute atomic E-state index is 9.42. The van der Waals surface area contributed by atoms with Crippen LogP contribution in [0.2, 0.25) is 0 Å². The average molecular weight is 465 g/mol. The molecule has 1 saturated heterocycles. The molecule has 3 unspecified atom stereocenters. The molecule has 2 saturated carbocycles. The van der Waals surface area contributed by atoms with Crippen molar-refractivity contribution in [3.05, 3.63) is 0 Å². The molecule has 1 heterocycles. The molecule has 0 amide bonds. The van der Waals surface area contributed by atoms with Crippen molar-refractivity contribution in [3.63, 3.8) is 0 Å². The quantitative estimate of drug-likeness (QED) is 0.332. The highest BCUT2D eigenvalue weighted by Crippen LogP contribution is 2.51. The lowest BCUT2D eigenvalue weighted by atomic mass is 9.55. The van der Waals surface area contributed by atoms with Gasteiger partial charge in [0.1, 0.15) is 0 Å². The van der Waals surface area contributed by atoms with Gasteiger partial charge >= 0.3 is 0 Å². The average Bonchev–Trinajstić information content (AvgIpc) is 3.04. The van der Waals surface area contributed by atoms with Crippen LogP contribution in [-0.4, -0.2) is 50.0 Å². The largest absolute Gasteiger partial charge is 0.396 e. The van der Waals surface area contributed by atoms with Gasteiger partial charge < -0.3 is 20.5 Å². The van der Waals surface area contributed by atoms with Gasteiger partial charge in [-0.25, -0.2) is 0 Å². The molecule has 3 rings (SSSR count). The van der Waals surface area contributed by atoms with Crippen LogP contribution in [0, 0.1) is 16.7 Å². The molecule has 5 nitrogen and oxygen atoms in total.